The maximum atomic E-state index is 13.2. The summed E-state index contributed by atoms with van der Waals surface area (Å²) in [4.78, 5) is 29.6. The molecule has 1 aliphatic carbocycles. The first-order valence-corrected chi connectivity index (χ1v) is 11.0. The lowest BCUT2D eigenvalue weighted by Crippen LogP contribution is -2.10. The van der Waals surface area contributed by atoms with Gasteiger partial charge in [-0.15, -0.1) is 11.3 Å². The number of allylic oxidation sites excluding steroid dienone is 1. The van der Waals surface area contributed by atoms with Crippen molar-refractivity contribution in [2.24, 2.45) is 0 Å². The van der Waals surface area contributed by atoms with Gasteiger partial charge in [0, 0.05) is 22.4 Å². The highest BCUT2D eigenvalue weighted by Gasteiger charge is 2.27. The monoisotopic (exact) mass is 442 g/mol. The third-order valence-corrected chi connectivity index (χ3v) is 6.34. The molecular weight excluding hydrogens is 424 g/mol. The van der Waals surface area contributed by atoms with Gasteiger partial charge in [-0.1, -0.05) is 24.3 Å². The van der Waals surface area contributed by atoms with Crippen LogP contribution in [0.3, 0.4) is 0 Å². The highest BCUT2D eigenvalue weighted by molar-refractivity contribution is 7.10. The summed E-state index contributed by atoms with van der Waals surface area (Å²) >= 11 is 1.67. The molecule has 0 atom stereocenters. The van der Waals surface area contributed by atoms with Gasteiger partial charge < -0.3 is 4.74 Å². The Morgan fingerprint density at radius 1 is 1.09 bits per heavy atom. The number of para-hydroxylation sites is 1. The number of nitro groups is 1. The number of pyridine rings is 1. The number of hydrogen-bond acceptors (Lipinski definition) is 6. The summed E-state index contributed by atoms with van der Waals surface area (Å²) in [6.45, 7) is 0.0418. The van der Waals surface area contributed by atoms with Crippen LogP contribution >= 0.6 is 11.3 Å². The second kappa shape index (κ2) is 8.36. The molecule has 4 aromatic rings. The van der Waals surface area contributed by atoms with E-state index in [1.807, 2.05) is 35.7 Å². The molecule has 0 N–H and O–H groups in total. The van der Waals surface area contributed by atoms with Crippen LogP contribution in [0.1, 0.15) is 38.5 Å². The minimum atomic E-state index is -0.455. The van der Waals surface area contributed by atoms with E-state index >= 15 is 0 Å². The quantitative estimate of drug-likeness (QED) is 0.213. The van der Waals surface area contributed by atoms with Crippen LogP contribution in [0.15, 0.2) is 66.0 Å². The smallest absolute Gasteiger partial charge is 0.339 e. The number of fused-ring (bicyclic) bond motifs is 2. The maximum Gasteiger partial charge on any atom is 0.339 e. The summed E-state index contributed by atoms with van der Waals surface area (Å²) in [6.07, 6.45) is 3.69. The SMILES string of the molecule is O=C(OCc1ccc([N+](=O)[O-])cc1)c1c2c(nc3ccccc13)C(=Cc1cccs1)CC2. The van der Waals surface area contributed by atoms with Gasteiger partial charge in [0.15, 0.2) is 0 Å². The molecular formula is C25H18N2O4S. The van der Waals surface area contributed by atoms with Gasteiger partial charge in [0.25, 0.3) is 5.69 Å². The normalized spacial score (nSPS) is 13.9. The predicted molar refractivity (Wildman–Crippen MR) is 124 cm³/mol. The van der Waals surface area contributed by atoms with Crippen LogP contribution in [0.5, 0.6) is 0 Å². The topological polar surface area (TPSA) is 82.3 Å². The fourth-order valence-corrected chi connectivity index (χ4v) is 4.67. The van der Waals surface area contributed by atoms with E-state index in [0.29, 0.717) is 11.1 Å². The fraction of sp³-hybridized carbons (Fsp3) is 0.120. The van der Waals surface area contributed by atoms with Gasteiger partial charge in [-0.25, -0.2) is 9.78 Å². The zero-order valence-corrected chi connectivity index (χ0v) is 17.8. The van der Waals surface area contributed by atoms with Gasteiger partial charge in [-0.05, 0) is 65.3 Å². The van der Waals surface area contributed by atoms with Crippen LogP contribution in [0.25, 0.3) is 22.6 Å². The van der Waals surface area contributed by atoms with Crippen molar-refractivity contribution in [1.82, 2.24) is 4.98 Å². The molecule has 0 spiro atoms. The molecule has 32 heavy (non-hydrogen) atoms. The third kappa shape index (κ3) is 3.78. The number of carbonyl (C=O) groups is 1. The van der Waals surface area contributed by atoms with Crippen molar-refractivity contribution in [1.29, 1.82) is 0 Å². The number of esters is 1. The van der Waals surface area contributed by atoms with Crippen molar-refractivity contribution >= 4 is 45.5 Å². The average Bonchev–Trinajstić information content (AvgIpc) is 3.46. The van der Waals surface area contributed by atoms with Crippen molar-refractivity contribution < 1.29 is 14.5 Å². The number of nitro benzene ring substituents is 1. The molecule has 0 radical (unpaired) electrons. The Bertz CT molecular complexity index is 1360. The number of non-ortho nitro benzene ring substituents is 1. The molecule has 5 rings (SSSR count). The third-order valence-electron chi connectivity index (χ3n) is 5.52. The minimum Gasteiger partial charge on any atom is -0.457 e. The molecule has 7 heteroatoms. The van der Waals surface area contributed by atoms with Crippen LogP contribution in [-0.4, -0.2) is 15.9 Å². The van der Waals surface area contributed by atoms with Gasteiger partial charge in [0.05, 0.1) is 21.7 Å². The van der Waals surface area contributed by atoms with E-state index < -0.39 is 10.9 Å². The Morgan fingerprint density at radius 3 is 2.66 bits per heavy atom. The number of benzene rings is 2. The fourth-order valence-electron chi connectivity index (χ4n) is 3.99. The van der Waals surface area contributed by atoms with E-state index in [2.05, 4.69) is 12.1 Å². The molecule has 0 unspecified atom stereocenters. The minimum absolute atomic E-state index is 0.00285. The molecule has 2 heterocycles. The molecule has 0 saturated heterocycles. The van der Waals surface area contributed by atoms with Crippen LogP contribution in [0.2, 0.25) is 0 Å². The molecule has 1 aliphatic rings. The molecule has 0 saturated carbocycles. The zero-order valence-electron chi connectivity index (χ0n) is 17.0. The molecule has 0 fully saturated rings. The van der Waals surface area contributed by atoms with Crippen molar-refractivity contribution in [2.45, 2.75) is 19.4 Å². The van der Waals surface area contributed by atoms with Gasteiger partial charge in [0.2, 0.25) is 0 Å². The Hall–Kier alpha value is -3.84. The largest absolute Gasteiger partial charge is 0.457 e. The number of rotatable bonds is 5. The second-order valence-electron chi connectivity index (χ2n) is 7.52. The van der Waals surface area contributed by atoms with Gasteiger partial charge >= 0.3 is 5.97 Å². The predicted octanol–water partition coefficient (Wildman–Crippen LogP) is 6.05. The van der Waals surface area contributed by atoms with Crippen LogP contribution < -0.4 is 0 Å². The van der Waals surface area contributed by atoms with E-state index in [4.69, 9.17) is 9.72 Å². The van der Waals surface area contributed by atoms with Crippen molar-refractivity contribution in [3.8, 4) is 0 Å². The standard InChI is InChI=1S/C25H18N2O4S/c28-25(31-15-16-7-10-18(11-8-16)27(29)30)23-20-5-1-2-6-22(20)26-24-17(9-12-21(23)24)14-19-4-3-13-32-19/h1-8,10-11,13-14H,9,12,15H2. The highest BCUT2D eigenvalue weighted by Crippen LogP contribution is 2.38. The number of ether oxygens (including phenoxy) is 1. The number of aromatic nitrogens is 1. The van der Waals surface area contributed by atoms with E-state index in [9.17, 15) is 14.9 Å². The van der Waals surface area contributed by atoms with Crippen molar-refractivity contribution in [2.75, 3.05) is 0 Å². The Kier molecular flexibility index (Phi) is 5.25. The molecule has 0 amide bonds. The lowest BCUT2D eigenvalue weighted by molar-refractivity contribution is -0.384. The lowest BCUT2D eigenvalue weighted by Gasteiger charge is -2.12. The number of nitrogens with zero attached hydrogens (tertiary/aromatic N) is 2. The van der Waals surface area contributed by atoms with E-state index in [1.54, 1.807) is 23.5 Å². The number of carbonyl (C=O) groups excluding carboxylic acids is 1. The summed E-state index contributed by atoms with van der Waals surface area (Å²) in [6, 6.07) is 17.7. The summed E-state index contributed by atoms with van der Waals surface area (Å²) in [7, 11) is 0. The summed E-state index contributed by atoms with van der Waals surface area (Å²) in [5, 5.41) is 13.6. The van der Waals surface area contributed by atoms with Crippen LogP contribution in [0, 0.1) is 10.1 Å². The Balaban J connectivity index is 1.49. The average molecular weight is 442 g/mol. The molecule has 2 aromatic carbocycles. The first-order valence-electron chi connectivity index (χ1n) is 10.2. The first-order chi connectivity index (χ1) is 15.6. The Labute approximate surface area is 188 Å². The highest BCUT2D eigenvalue weighted by atomic mass is 32.1. The van der Waals surface area contributed by atoms with E-state index in [-0.39, 0.29) is 12.3 Å². The maximum absolute atomic E-state index is 13.2. The lowest BCUT2D eigenvalue weighted by atomic mass is 10.0. The van der Waals surface area contributed by atoms with E-state index in [0.717, 1.165) is 45.5 Å². The summed E-state index contributed by atoms with van der Waals surface area (Å²) < 4.78 is 5.64. The molecule has 2 aromatic heterocycles. The zero-order chi connectivity index (χ0) is 22.1. The summed E-state index contributed by atoms with van der Waals surface area (Å²) in [5.74, 6) is -0.407. The Morgan fingerprint density at radius 2 is 1.91 bits per heavy atom. The number of hydrogen-bond donors (Lipinski definition) is 0. The number of thiophene rings is 1. The van der Waals surface area contributed by atoms with Crippen LogP contribution in [0.4, 0.5) is 5.69 Å². The summed E-state index contributed by atoms with van der Waals surface area (Å²) in [5.41, 5.74) is 4.91. The molecule has 6 nitrogen and oxygen atoms in total. The second-order valence-corrected chi connectivity index (χ2v) is 8.50. The van der Waals surface area contributed by atoms with Crippen LogP contribution in [-0.2, 0) is 17.8 Å². The molecule has 158 valence electrons. The first kappa shape index (κ1) is 20.1. The van der Waals surface area contributed by atoms with Gasteiger partial charge in [-0.2, -0.15) is 0 Å². The molecule has 0 aliphatic heterocycles. The van der Waals surface area contributed by atoms with Crippen molar-refractivity contribution in [3.63, 3.8) is 0 Å². The molecule has 0 bridgehead atoms. The van der Waals surface area contributed by atoms with Crippen molar-refractivity contribution in [3.05, 3.63) is 103 Å². The van der Waals surface area contributed by atoms with E-state index in [1.165, 1.54) is 12.1 Å². The van der Waals surface area contributed by atoms with Gasteiger partial charge in [-0.3, -0.25) is 10.1 Å². The van der Waals surface area contributed by atoms with Gasteiger partial charge in [0.1, 0.15) is 6.61 Å².